The molecule has 2 rings (SSSR count). The third-order valence-corrected chi connectivity index (χ3v) is 4.30. The average molecular weight is 331 g/mol. The number of esters is 1. The van der Waals surface area contributed by atoms with Crippen LogP contribution in [0.3, 0.4) is 0 Å². The lowest BCUT2D eigenvalue weighted by Crippen LogP contribution is -2.39. The normalized spacial score (nSPS) is 19.5. The van der Waals surface area contributed by atoms with Crippen molar-refractivity contribution in [1.29, 1.82) is 0 Å². The highest BCUT2D eigenvalue weighted by molar-refractivity contribution is 6.35. The zero-order chi connectivity index (χ0) is 15.4. The van der Waals surface area contributed by atoms with Gasteiger partial charge in [-0.05, 0) is 39.3 Å². The Morgan fingerprint density at radius 1 is 1.52 bits per heavy atom. The standard InChI is InChI=1S/C15H20Cl2N2O2/c1-3-21-15(20)11-5-4-6-19(8-11)9-12-13(16)7-10(2)18-14(12)17/h7,11H,3-6,8-9H2,1-2H3/t11-/m1/s1. The quantitative estimate of drug-likeness (QED) is 0.626. The summed E-state index contributed by atoms with van der Waals surface area (Å²) in [6.07, 6.45) is 1.85. The summed E-state index contributed by atoms with van der Waals surface area (Å²) in [4.78, 5) is 18.3. The fourth-order valence-electron chi connectivity index (χ4n) is 2.64. The van der Waals surface area contributed by atoms with Crippen molar-refractivity contribution < 1.29 is 9.53 Å². The summed E-state index contributed by atoms with van der Waals surface area (Å²) in [5.74, 6) is -0.170. The van der Waals surface area contributed by atoms with Gasteiger partial charge >= 0.3 is 5.97 Å². The van der Waals surface area contributed by atoms with Gasteiger partial charge in [-0.1, -0.05) is 23.2 Å². The van der Waals surface area contributed by atoms with Gasteiger partial charge in [-0.3, -0.25) is 9.69 Å². The van der Waals surface area contributed by atoms with Crippen molar-refractivity contribution in [2.75, 3.05) is 19.7 Å². The second-order valence-corrected chi connectivity index (χ2v) is 6.11. The molecule has 0 radical (unpaired) electrons. The van der Waals surface area contributed by atoms with Crippen LogP contribution in [0.2, 0.25) is 10.2 Å². The van der Waals surface area contributed by atoms with E-state index >= 15 is 0 Å². The lowest BCUT2D eigenvalue weighted by atomic mass is 9.98. The Kier molecular flexibility index (Phi) is 5.85. The molecule has 6 heteroatoms. The molecule has 0 spiro atoms. The maximum atomic E-state index is 11.9. The molecule has 0 saturated carbocycles. The van der Waals surface area contributed by atoms with Gasteiger partial charge < -0.3 is 4.74 Å². The van der Waals surface area contributed by atoms with Gasteiger partial charge in [0, 0.05) is 29.4 Å². The van der Waals surface area contributed by atoms with E-state index in [1.54, 1.807) is 0 Å². The highest BCUT2D eigenvalue weighted by atomic mass is 35.5. The summed E-state index contributed by atoms with van der Waals surface area (Å²) in [6.45, 7) is 6.33. The van der Waals surface area contributed by atoms with Gasteiger partial charge in [0.25, 0.3) is 0 Å². The van der Waals surface area contributed by atoms with Gasteiger partial charge in [-0.25, -0.2) is 4.98 Å². The molecule has 0 unspecified atom stereocenters. The number of likely N-dealkylation sites (tertiary alicyclic amines) is 1. The zero-order valence-corrected chi connectivity index (χ0v) is 13.9. The lowest BCUT2D eigenvalue weighted by molar-refractivity contribution is -0.150. The first kappa shape index (κ1) is 16.5. The third-order valence-electron chi connectivity index (χ3n) is 3.65. The van der Waals surface area contributed by atoms with E-state index in [1.807, 2.05) is 19.9 Å². The molecular formula is C15H20Cl2N2O2. The van der Waals surface area contributed by atoms with Gasteiger partial charge in [-0.2, -0.15) is 0 Å². The van der Waals surface area contributed by atoms with Crippen LogP contribution in [0, 0.1) is 12.8 Å². The number of halogens is 2. The van der Waals surface area contributed by atoms with Crippen molar-refractivity contribution in [2.24, 2.45) is 5.92 Å². The monoisotopic (exact) mass is 330 g/mol. The summed E-state index contributed by atoms with van der Waals surface area (Å²) in [6, 6.07) is 1.82. The number of hydrogen-bond donors (Lipinski definition) is 0. The fraction of sp³-hybridized carbons (Fsp3) is 0.600. The van der Waals surface area contributed by atoms with Gasteiger partial charge in [0.2, 0.25) is 0 Å². The first-order chi connectivity index (χ1) is 10.0. The van der Waals surface area contributed by atoms with Crippen molar-refractivity contribution in [3.8, 4) is 0 Å². The van der Waals surface area contributed by atoms with Gasteiger partial charge in [-0.15, -0.1) is 0 Å². The van der Waals surface area contributed by atoms with Gasteiger partial charge in [0.1, 0.15) is 5.15 Å². The number of aryl methyl sites for hydroxylation is 1. The first-order valence-electron chi connectivity index (χ1n) is 7.21. The maximum Gasteiger partial charge on any atom is 0.310 e. The molecular weight excluding hydrogens is 311 g/mol. The van der Waals surface area contributed by atoms with Crippen LogP contribution in [0.25, 0.3) is 0 Å². The lowest BCUT2D eigenvalue weighted by Gasteiger charge is -2.31. The van der Waals surface area contributed by atoms with Crippen LogP contribution in [0.1, 0.15) is 31.0 Å². The molecule has 0 amide bonds. The van der Waals surface area contributed by atoms with E-state index in [0.29, 0.717) is 29.9 Å². The largest absolute Gasteiger partial charge is 0.466 e. The van der Waals surface area contributed by atoms with E-state index in [4.69, 9.17) is 27.9 Å². The predicted molar refractivity (Wildman–Crippen MR) is 83.6 cm³/mol. The molecule has 1 aromatic rings. The minimum absolute atomic E-state index is 0.0605. The Hall–Kier alpha value is -0.840. The van der Waals surface area contributed by atoms with Crippen LogP contribution in [0.5, 0.6) is 0 Å². The van der Waals surface area contributed by atoms with Crippen LogP contribution in [0.4, 0.5) is 0 Å². The number of pyridine rings is 1. The van der Waals surface area contributed by atoms with E-state index < -0.39 is 0 Å². The molecule has 1 atom stereocenters. The Bertz CT molecular complexity index is 499. The molecule has 2 heterocycles. The third kappa shape index (κ3) is 4.31. The van der Waals surface area contributed by atoms with E-state index in [2.05, 4.69) is 9.88 Å². The summed E-state index contributed by atoms with van der Waals surface area (Å²) in [7, 11) is 0. The highest BCUT2D eigenvalue weighted by Crippen LogP contribution is 2.27. The molecule has 1 saturated heterocycles. The molecule has 0 bridgehead atoms. The minimum Gasteiger partial charge on any atom is -0.466 e. The van der Waals surface area contributed by atoms with Crippen LogP contribution >= 0.6 is 23.2 Å². The van der Waals surface area contributed by atoms with Crippen molar-refractivity contribution in [2.45, 2.75) is 33.2 Å². The number of piperidine rings is 1. The number of carbonyl (C=O) groups is 1. The Morgan fingerprint density at radius 3 is 2.95 bits per heavy atom. The average Bonchev–Trinajstić information content (AvgIpc) is 2.43. The van der Waals surface area contributed by atoms with E-state index in [0.717, 1.165) is 30.6 Å². The molecule has 0 N–H and O–H groups in total. The van der Waals surface area contributed by atoms with E-state index in [9.17, 15) is 4.79 Å². The van der Waals surface area contributed by atoms with Crippen molar-refractivity contribution in [1.82, 2.24) is 9.88 Å². The Morgan fingerprint density at radius 2 is 2.29 bits per heavy atom. The molecule has 21 heavy (non-hydrogen) atoms. The van der Waals surface area contributed by atoms with Crippen LogP contribution < -0.4 is 0 Å². The number of nitrogens with zero attached hydrogens (tertiary/aromatic N) is 2. The predicted octanol–water partition coefficient (Wildman–Crippen LogP) is 3.47. The SMILES string of the molecule is CCOC(=O)[C@@H]1CCCN(Cc2c(Cl)cc(C)nc2Cl)C1. The number of hydrogen-bond acceptors (Lipinski definition) is 4. The molecule has 1 fully saturated rings. The molecule has 1 aromatic heterocycles. The number of aromatic nitrogens is 1. The van der Waals surface area contributed by atoms with Crippen molar-refractivity contribution in [3.63, 3.8) is 0 Å². The minimum atomic E-state index is -0.110. The van der Waals surface area contributed by atoms with E-state index in [1.165, 1.54) is 0 Å². The maximum absolute atomic E-state index is 11.9. The van der Waals surface area contributed by atoms with Crippen molar-refractivity contribution >= 4 is 29.2 Å². The first-order valence-corrected chi connectivity index (χ1v) is 7.97. The molecule has 0 aromatic carbocycles. The second kappa shape index (κ2) is 7.43. The Balaban J connectivity index is 2.04. The summed E-state index contributed by atoms with van der Waals surface area (Å²) >= 11 is 12.4. The van der Waals surface area contributed by atoms with Gasteiger partial charge in [0.15, 0.2) is 0 Å². The fourth-order valence-corrected chi connectivity index (χ4v) is 3.29. The summed E-state index contributed by atoms with van der Waals surface area (Å²) < 4.78 is 5.11. The zero-order valence-electron chi connectivity index (χ0n) is 12.4. The summed E-state index contributed by atoms with van der Waals surface area (Å²) in [5, 5.41) is 1.07. The second-order valence-electron chi connectivity index (χ2n) is 5.34. The highest BCUT2D eigenvalue weighted by Gasteiger charge is 2.27. The van der Waals surface area contributed by atoms with Crippen LogP contribution in [-0.4, -0.2) is 35.5 Å². The van der Waals surface area contributed by atoms with Crippen molar-refractivity contribution in [3.05, 3.63) is 27.5 Å². The molecule has 1 aliphatic heterocycles. The van der Waals surface area contributed by atoms with Crippen LogP contribution in [0.15, 0.2) is 6.07 Å². The molecule has 4 nitrogen and oxygen atoms in total. The number of carbonyl (C=O) groups excluding carboxylic acids is 1. The number of rotatable bonds is 4. The van der Waals surface area contributed by atoms with Gasteiger partial charge in [0.05, 0.1) is 12.5 Å². The molecule has 1 aliphatic rings. The number of ether oxygens (including phenoxy) is 1. The smallest absolute Gasteiger partial charge is 0.310 e. The topological polar surface area (TPSA) is 42.4 Å². The summed E-state index contributed by atoms with van der Waals surface area (Å²) in [5.41, 5.74) is 1.63. The molecule has 0 aliphatic carbocycles. The van der Waals surface area contributed by atoms with Crippen LogP contribution in [-0.2, 0) is 16.1 Å². The van der Waals surface area contributed by atoms with E-state index in [-0.39, 0.29) is 11.9 Å². The molecule has 116 valence electrons. The Labute approximate surface area is 135 Å².